The summed E-state index contributed by atoms with van der Waals surface area (Å²) in [7, 11) is 0. The molecule has 13 heavy (non-hydrogen) atoms. The van der Waals surface area contributed by atoms with E-state index in [-0.39, 0.29) is 0 Å². The molecule has 0 aromatic heterocycles. The second-order valence-electron chi connectivity index (χ2n) is 3.30. The molecule has 1 aromatic carbocycles. The van der Waals surface area contributed by atoms with E-state index in [1.807, 2.05) is 13.0 Å². The molecule has 2 heteroatoms. The summed E-state index contributed by atoms with van der Waals surface area (Å²) in [5, 5.41) is 0. The number of anilines is 1. The average Bonchev–Trinajstić information content (AvgIpc) is 2.95. The molecular weight excluding hydrogens is 162 g/mol. The van der Waals surface area contributed by atoms with Crippen LogP contribution in [0.1, 0.15) is 6.92 Å². The van der Waals surface area contributed by atoms with Gasteiger partial charge in [-0.05, 0) is 19.1 Å². The van der Waals surface area contributed by atoms with E-state index < -0.39 is 0 Å². The van der Waals surface area contributed by atoms with E-state index in [0.29, 0.717) is 6.04 Å². The smallest absolute Gasteiger partial charge is 0.0699 e. The third-order valence-electron chi connectivity index (χ3n) is 2.32. The average molecular weight is 177 g/mol. The Labute approximate surface area is 79.1 Å². The first-order valence-corrected chi connectivity index (χ1v) is 4.81. The Balaban J connectivity index is 1.86. The summed E-state index contributed by atoms with van der Waals surface area (Å²) in [5.41, 5.74) is 1.31. The standard InChI is InChI=1S/C11H15NO/c1-2-13-9-11-8-12(11)10-6-4-3-5-7-10/h3-7,11H,2,8-9H2,1H3. The van der Waals surface area contributed by atoms with Crippen LogP contribution in [-0.2, 0) is 4.74 Å². The summed E-state index contributed by atoms with van der Waals surface area (Å²) in [6.45, 7) is 4.86. The van der Waals surface area contributed by atoms with Crippen molar-refractivity contribution in [3.8, 4) is 0 Å². The van der Waals surface area contributed by atoms with Crippen molar-refractivity contribution in [2.75, 3.05) is 24.7 Å². The molecule has 1 heterocycles. The predicted molar refractivity (Wildman–Crippen MR) is 54.1 cm³/mol. The van der Waals surface area contributed by atoms with Gasteiger partial charge in [-0.2, -0.15) is 0 Å². The van der Waals surface area contributed by atoms with Crippen molar-refractivity contribution >= 4 is 5.69 Å². The third kappa shape index (κ3) is 2.01. The van der Waals surface area contributed by atoms with Crippen LogP contribution in [0, 0.1) is 0 Å². The highest BCUT2D eigenvalue weighted by Gasteiger charge is 2.33. The van der Waals surface area contributed by atoms with Gasteiger partial charge in [0.05, 0.1) is 12.6 Å². The van der Waals surface area contributed by atoms with Crippen LogP contribution in [0.3, 0.4) is 0 Å². The maximum atomic E-state index is 5.37. The molecular formula is C11H15NO. The lowest BCUT2D eigenvalue weighted by Crippen LogP contribution is -2.07. The van der Waals surface area contributed by atoms with Gasteiger partial charge in [-0.25, -0.2) is 0 Å². The molecule has 0 amide bonds. The van der Waals surface area contributed by atoms with Crippen LogP contribution in [0.25, 0.3) is 0 Å². The first-order chi connectivity index (χ1) is 6.42. The van der Waals surface area contributed by atoms with Gasteiger partial charge in [-0.15, -0.1) is 0 Å². The minimum Gasteiger partial charge on any atom is -0.380 e. The first kappa shape index (κ1) is 8.57. The quantitative estimate of drug-likeness (QED) is 0.651. The van der Waals surface area contributed by atoms with Crippen LogP contribution in [0.4, 0.5) is 5.69 Å². The highest BCUT2D eigenvalue weighted by atomic mass is 16.5. The molecule has 70 valence electrons. The Hall–Kier alpha value is -1.02. The maximum Gasteiger partial charge on any atom is 0.0699 e. The van der Waals surface area contributed by atoms with Gasteiger partial charge in [0.25, 0.3) is 0 Å². The fraction of sp³-hybridized carbons (Fsp3) is 0.455. The largest absolute Gasteiger partial charge is 0.380 e. The molecule has 0 aliphatic carbocycles. The molecule has 0 spiro atoms. The number of para-hydroxylation sites is 1. The lowest BCUT2D eigenvalue weighted by atomic mass is 10.3. The fourth-order valence-corrected chi connectivity index (χ4v) is 1.51. The molecule has 1 fully saturated rings. The number of ether oxygens (including phenoxy) is 1. The second kappa shape index (κ2) is 3.79. The molecule has 1 aromatic rings. The number of hydrogen-bond donors (Lipinski definition) is 0. The first-order valence-electron chi connectivity index (χ1n) is 4.81. The van der Waals surface area contributed by atoms with Gasteiger partial charge >= 0.3 is 0 Å². The lowest BCUT2D eigenvalue weighted by Gasteiger charge is -2.04. The van der Waals surface area contributed by atoms with E-state index in [4.69, 9.17) is 4.74 Å². The molecule has 1 aliphatic heterocycles. The SMILES string of the molecule is CCOCC1CN1c1ccccc1. The Kier molecular flexibility index (Phi) is 2.50. The van der Waals surface area contributed by atoms with E-state index in [1.54, 1.807) is 0 Å². The molecule has 0 bridgehead atoms. The lowest BCUT2D eigenvalue weighted by molar-refractivity contribution is 0.151. The highest BCUT2D eigenvalue weighted by Crippen LogP contribution is 2.27. The van der Waals surface area contributed by atoms with E-state index in [2.05, 4.69) is 29.2 Å². The van der Waals surface area contributed by atoms with Gasteiger partial charge in [0.15, 0.2) is 0 Å². The topological polar surface area (TPSA) is 12.2 Å². The van der Waals surface area contributed by atoms with Gasteiger partial charge in [-0.3, -0.25) is 0 Å². The molecule has 2 rings (SSSR count). The van der Waals surface area contributed by atoms with Gasteiger partial charge in [0, 0.05) is 18.8 Å². The zero-order valence-corrected chi connectivity index (χ0v) is 7.94. The van der Waals surface area contributed by atoms with E-state index in [9.17, 15) is 0 Å². The molecule has 0 N–H and O–H groups in total. The van der Waals surface area contributed by atoms with Gasteiger partial charge < -0.3 is 9.64 Å². The van der Waals surface area contributed by atoms with Crippen molar-refractivity contribution in [1.29, 1.82) is 0 Å². The molecule has 1 saturated heterocycles. The van der Waals surface area contributed by atoms with Crippen LogP contribution in [0.2, 0.25) is 0 Å². The number of hydrogen-bond acceptors (Lipinski definition) is 2. The van der Waals surface area contributed by atoms with Crippen LogP contribution in [-0.4, -0.2) is 25.8 Å². The Morgan fingerprint density at radius 2 is 2.15 bits per heavy atom. The van der Waals surface area contributed by atoms with E-state index in [0.717, 1.165) is 19.8 Å². The molecule has 1 unspecified atom stereocenters. The monoisotopic (exact) mass is 177 g/mol. The summed E-state index contributed by atoms with van der Waals surface area (Å²) >= 11 is 0. The maximum absolute atomic E-state index is 5.37. The number of nitrogens with zero attached hydrogens (tertiary/aromatic N) is 1. The number of benzene rings is 1. The van der Waals surface area contributed by atoms with Crippen LogP contribution >= 0.6 is 0 Å². The summed E-state index contributed by atoms with van der Waals surface area (Å²) in [5.74, 6) is 0. The summed E-state index contributed by atoms with van der Waals surface area (Å²) in [6, 6.07) is 11.1. The molecule has 1 aliphatic rings. The van der Waals surface area contributed by atoms with Crippen molar-refractivity contribution in [3.05, 3.63) is 30.3 Å². The predicted octanol–water partition coefficient (Wildman–Crippen LogP) is 1.91. The van der Waals surface area contributed by atoms with E-state index >= 15 is 0 Å². The minimum atomic E-state index is 0.613. The third-order valence-corrected chi connectivity index (χ3v) is 2.32. The summed E-state index contributed by atoms with van der Waals surface area (Å²) in [4.78, 5) is 2.36. The zero-order valence-electron chi connectivity index (χ0n) is 7.94. The van der Waals surface area contributed by atoms with Crippen LogP contribution < -0.4 is 4.90 Å². The highest BCUT2D eigenvalue weighted by molar-refractivity contribution is 5.53. The number of rotatable bonds is 4. The Morgan fingerprint density at radius 3 is 2.85 bits per heavy atom. The fourth-order valence-electron chi connectivity index (χ4n) is 1.51. The van der Waals surface area contributed by atoms with Crippen molar-refractivity contribution in [2.45, 2.75) is 13.0 Å². The minimum absolute atomic E-state index is 0.613. The molecule has 0 saturated carbocycles. The van der Waals surface area contributed by atoms with Crippen molar-refractivity contribution in [2.24, 2.45) is 0 Å². The Morgan fingerprint density at radius 1 is 1.38 bits per heavy atom. The zero-order chi connectivity index (χ0) is 9.10. The summed E-state index contributed by atoms with van der Waals surface area (Å²) in [6.07, 6.45) is 0. The molecule has 0 radical (unpaired) electrons. The van der Waals surface area contributed by atoms with Gasteiger partial charge in [-0.1, -0.05) is 18.2 Å². The van der Waals surface area contributed by atoms with Crippen molar-refractivity contribution in [1.82, 2.24) is 0 Å². The van der Waals surface area contributed by atoms with E-state index in [1.165, 1.54) is 5.69 Å². The van der Waals surface area contributed by atoms with Crippen molar-refractivity contribution in [3.63, 3.8) is 0 Å². The van der Waals surface area contributed by atoms with Crippen molar-refractivity contribution < 1.29 is 4.74 Å². The molecule has 1 atom stereocenters. The second-order valence-corrected chi connectivity index (χ2v) is 3.30. The Bertz CT molecular complexity index is 260. The summed E-state index contributed by atoms with van der Waals surface area (Å²) < 4.78 is 5.37. The molecule has 2 nitrogen and oxygen atoms in total. The normalized spacial score (nSPS) is 20.4. The van der Waals surface area contributed by atoms with Crippen LogP contribution in [0.15, 0.2) is 30.3 Å². The van der Waals surface area contributed by atoms with Gasteiger partial charge in [0.2, 0.25) is 0 Å². The van der Waals surface area contributed by atoms with Crippen LogP contribution in [0.5, 0.6) is 0 Å². The van der Waals surface area contributed by atoms with Gasteiger partial charge in [0.1, 0.15) is 0 Å².